The summed E-state index contributed by atoms with van der Waals surface area (Å²) >= 11 is 5.96. The molecule has 0 saturated heterocycles. The quantitative estimate of drug-likeness (QED) is 0.509. The van der Waals surface area contributed by atoms with Crippen LogP contribution in [0.1, 0.15) is 45.6 Å². The van der Waals surface area contributed by atoms with E-state index in [4.69, 9.17) is 16.3 Å². The molecule has 1 saturated carbocycles. The third-order valence-electron chi connectivity index (χ3n) is 4.66. The van der Waals surface area contributed by atoms with Crippen LogP contribution in [0.4, 0.5) is 0 Å². The first-order valence-electron chi connectivity index (χ1n) is 8.30. The van der Waals surface area contributed by atoms with Crippen LogP contribution in [-0.4, -0.2) is 37.9 Å². The van der Waals surface area contributed by atoms with Crippen molar-refractivity contribution in [1.29, 1.82) is 0 Å². The largest absolute Gasteiger partial charge is 0.465 e. The lowest BCUT2D eigenvalue weighted by Gasteiger charge is -2.10. The topological polar surface area (TPSA) is 74.8 Å². The normalized spacial score (nSPS) is 18.7. The fourth-order valence-electron chi connectivity index (χ4n) is 3.32. The zero-order valence-electron chi connectivity index (χ0n) is 14.5. The van der Waals surface area contributed by atoms with Gasteiger partial charge in [-0.3, -0.25) is 4.68 Å². The maximum atomic E-state index is 12.3. The minimum atomic E-state index is -0.385. The first kappa shape index (κ1) is 16.8. The van der Waals surface area contributed by atoms with Crippen molar-refractivity contribution >= 4 is 17.6 Å². The summed E-state index contributed by atoms with van der Waals surface area (Å²) in [5, 5.41) is 12.7. The van der Waals surface area contributed by atoms with E-state index in [2.05, 4.69) is 15.4 Å². The standard InChI is InChI=1S/C18H18ClN5O2/c1-23-10-16(21-22-23)13-7-14(13)17-15(18(25)26-2)9-20-24(17)12-5-3-4-11(6-12)8-19/h3-6,9-10,13-14H,7-8H2,1-2H3/t13-,14-/m1/s1. The molecule has 0 aliphatic heterocycles. The van der Waals surface area contributed by atoms with Gasteiger partial charge in [0.15, 0.2) is 0 Å². The van der Waals surface area contributed by atoms with Gasteiger partial charge in [-0.1, -0.05) is 17.3 Å². The van der Waals surface area contributed by atoms with E-state index in [1.54, 1.807) is 10.9 Å². The van der Waals surface area contributed by atoms with Crippen LogP contribution in [0.5, 0.6) is 0 Å². The summed E-state index contributed by atoms with van der Waals surface area (Å²) < 4.78 is 8.45. The highest BCUT2D eigenvalue weighted by molar-refractivity contribution is 6.17. The van der Waals surface area contributed by atoms with Crippen molar-refractivity contribution in [2.75, 3.05) is 7.11 Å². The molecule has 0 N–H and O–H groups in total. The van der Waals surface area contributed by atoms with Crippen LogP contribution in [0.2, 0.25) is 0 Å². The average molecular weight is 372 g/mol. The number of carbonyl (C=O) groups is 1. The fraction of sp³-hybridized carbons (Fsp3) is 0.333. The summed E-state index contributed by atoms with van der Waals surface area (Å²) in [6.45, 7) is 0. The second kappa shape index (κ2) is 6.57. The first-order chi connectivity index (χ1) is 12.6. The number of halogens is 1. The summed E-state index contributed by atoms with van der Waals surface area (Å²) in [6.07, 6.45) is 4.38. The number of hydrogen-bond donors (Lipinski definition) is 0. The van der Waals surface area contributed by atoms with Gasteiger partial charge >= 0.3 is 5.97 Å². The lowest BCUT2D eigenvalue weighted by molar-refractivity contribution is 0.0599. The van der Waals surface area contributed by atoms with Crippen LogP contribution in [0, 0.1) is 0 Å². The first-order valence-corrected chi connectivity index (χ1v) is 8.83. The van der Waals surface area contributed by atoms with E-state index in [0.717, 1.165) is 29.1 Å². The molecule has 1 aliphatic rings. The number of aromatic nitrogens is 5. The van der Waals surface area contributed by atoms with E-state index in [0.29, 0.717) is 11.4 Å². The number of benzene rings is 1. The molecule has 0 spiro atoms. The molecule has 2 atom stereocenters. The Morgan fingerprint density at radius 3 is 2.92 bits per heavy atom. The van der Waals surface area contributed by atoms with E-state index in [9.17, 15) is 4.79 Å². The van der Waals surface area contributed by atoms with E-state index in [1.807, 2.05) is 42.2 Å². The summed E-state index contributed by atoms with van der Waals surface area (Å²) in [5.74, 6) is 0.395. The summed E-state index contributed by atoms with van der Waals surface area (Å²) in [4.78, 5) is 12.3. The Balaban J connectivity index is 1.76. The molecule has 2 heterocycles. The molecule has 0 unspecified atom stereocenters. The Morgan fingerprint density at radius 1 is 1.38 bits per heavy atom. The van der Waals surface area contributed by atoms with Gasteiger partial charge in [-0.25, -0.2) is 9.48 Å². The fourth-order valence-corrected chi connectivity index (χ4v) is 3.48. The Hall–Kier alpha value is -2.67. The molecule has 2 aromatic heterocycles. The van der Waals surface area contributed by atoms with E-state index in [1.165, 1.54) is 7.11 Å². The predicted molar refractivity (Wildman–Crippen MR) is 95.6 cm³/mol. The summed E-state index contributed by atoms with van der Waals surface area (Å²) in [6, 6.07) is 7.82. The molecule has 1 fully saturated rings. The number of rotatable bonds is 5. The number of carbonyl (C=O) groups excluding carboxylic acids is 1. The number of ether oxygens (including phenoxy) is 1. The van der Waals surface area contributed by atoms with Crippen LogP contribution in [-0.2, 0) is 17.7 Å². The molecule has 1 aliphatic carbocycles. The molecule has 8 heteroatoms. The van der Waals surface area contributed by atoms with Gasteiger partial charge < -0.3 is 4.74 Å². The van der Waals surface area contributed by atoms with Crippen molar-refractivity contribution in [2.24, 2.45) is 7.05 Å². The third-order valence-corrected chi connectivity index (χ3v) is 4.97. The second-order valence-corrected chi connectivity index (χ2v) is 6.68. The zero-order valence-corrected chi connectivity index (χ0v) is 15.2. The lowest BCUT2D eigenvalue weighted by Crippen LogP contribution is -2.08. The van der Waals surface area contributed by atoms with E-state index < -0.39 is 0 Å². The Morgan fingerprint density at radius 2 is 2.23 bits per heavy atom. The number of methoxy groups -OCH3 is 1. The lowest BCUT2D eigenvalue weighted by atomic mass is 10.1. The second-order valence-electron chi connectivity index (χ2n) is 6.42. The predicted octanol–water partition coefficient (Wildman–Crippen LogP) is 2.80. The van der Waals surface area contributed by atoms with Crippen molar-refractivity contribution < 1.29 is 9.53 Å². The molecular formula is C18H18ClN5O2. The van der Waals surface area contributed by atoms with Crippen molar-refractivity contribution in [3.63, 3.8) is 0 Å². The molecule has 4 rings (SSSR count). The van der Waals surface area contributed by atoms with Gasteiger partial charge in [-0.15, -0.1) is 16.7 Å². The monoisotopic (exact) mass is 371 g/mol. The minimum absolute atomic E-state index is 0.142. The molecule has 0 bridgehead atoms. The highest BCUT2D eigenvalue weighted by Crippen LogP contribution is 2.55. The van der Waals surface area contributed by atoms with Gasteiger partial charge in [-0.05, 0) is 24.1 Å². The van der Waals surface area contributed by atoms with E-state index in [-0.39, 0.29) is 17.8 Å². The SMILES string of the molecule is COC(=O)c1cnn(-c2cccc(CCl)c2)c1[C@@H]1C[C@H]1c1cn(C)nn1. The van der Waals surface area contributed by atoms with Gasteiger partial charge in [0.05, 0.1) is 30.4 Å². The highest BCUT2D eigenvalue weighted by atomic mass is 35.5. The number of hydrogen-bond acceptors (Lipinski definition) is 5. The van der Waals surface area contributed by atoms with Crippen LogP contribution in [0.25, 0.3) is 5.69 Å². The van der Waals surface area contributed by atoms with Gasteiger partial charge in [0, 0.05) is 31.0 Å². The van der Waals surface area contributed by atoms with Crippen molar-refractivity contribution in [1.82, 2.24) is 24.8 Å². The van der Waals surface area contributed by atoms with Gasteiger partial charge in [-0.2, -0.15) is 5.10 Å². The Bertz CT molecular complexity index is 964. The maximum absolute atomic E-state index is 12.3. The van der Waals surface area contributed by atoms with Crippen molar-refractivity contribution in [3.05, 3.63) is 59.2 Å². The number of aryl methyl sites for hydroxylation is 1. The van der Waals surface area contributed by atoms with Gasteiger partial charge in [0.2, 0.25) is 0 Å². The van der Waals surface area contributed by atoms with Crippen LogP contribution >= 0.6 is 11.6 Å². The van der Waals surface area contributed by atoms with Crippen molar-refractivity contribution in [3.8, 4) is 5.69 Å². The third kappa shape index (κ3) is 2.88. The molecular weight excluding hydrogens is 354 g/mol. The molecule has 0 radical (unpaired) electrons. The maximum Gasteiger partial charge on any atom is 0.341 e. The summed E-state index contributed by atoms with van der Waals surface area (Å²) in [7, 11) is 3.22. The highest BCUT2D eigenvalue weighted by Gasteiger charge is 2.46. The molecule has 26 heavy (non-hydrogen) atoms. The van der Waals surface area contributed by atoms with E-state index >= 15 is 0 Å². The number of nitrogens with zero attached hydrogens (tertiary/aromatic N) is 5. The number of esters is 1. The van der Waals surface area contributed by atoms with Crippen LogP contribution < -0.4 is 0 Å². The molecule has 3 aromatic rings. The van der Waals surface area contributed by atoms with Gasteiger partial charge in [0.1, 0.15) is 5.56 Å². The molecule has 1 aromatic carbocycles. The molecule has 134 valence electrons. The average Bonchev–Trinajstić information content (AvgIpc) is 3.12. The molecule has 7 nitrogen and oxygen atoms in total. The Labute approximate surface area is 155 Å². The van der Waals surface area contributed by atoms with Crippen LogP contribution in [0.15, 0.2) is 36.7 Å². The van der Waals surface area contributed by atoms with Crippen molar-refractivity contribution in [2.45, 2.75) is 24.1 Å². The zero-order chi connectivity index (χ0) is 18.3. The smallest absolute Gasteiger partial charge is 0.341 e. The minimum Gasteiger partial charge on any atom is -0.465 e. The van der Waals surface area contributed by atoms with Gasteiger partial charge in [0.25, 0.3) is 0 Å². The Kier molecular flexibility index (Phi) is 4.24. The molecule has 0 amide bonds. The number of alkyl halides is 1. The summed E-state index contributed by atoms with van der Waals surface area (Å²) in [5.41, 5.74) is 4.12. The van der Waals surface area contributed by atoms with Crippen LogP contribution in [0.3, 0.4) is 0 Å².